The van der Waals surface area contributed by atoms with Crippen molar-refractivity contribution in [1.29, 1.82) is 0 Å². The zero-order chi connectivity index (χ0) is 13.2. The number of hydrogen-bond donors (Lipinski definition) is 2. The number of carbonyl (C=O) groups is 2. The minimum atomic E-state index is -0.483. The monoisotopic (exact) mass is 253 g/mol. The van der Waals surface area contributed by atoms with Crippen LogP contribution in [0.3, 0.4) is 0 Å². The van der Waals surface area contributed by atoms with Gasteiger partial charge in [0.2, 0.25) is 11.8 Å². The highest BCUT2D eigenvalue weighted by atomic mass is 16.2. The van der Waals surface area contributed by atoms with E-state index in [0.29, 0.717) is 19.5 Å². The van der Waals surface area contributed by atoms with E-state index in [9.17, 15) is 9.59 Å². The molecular weight excluding hydrogens is 230 g/mol. The Balaban J connectivity index is 2.13. The quantitative estimate of drug-likeness (QED) is 0.742. The molecular formula is C13H23N3O2. The zero-order valence-corrected chi connectivity index (χ0v) is 11.3. The average Bonchev–Trinajstić information content (AvgIpc) is 2.38. The Kier molecular flexibility index (Phi) is 3.90. The van der Waals surface area contributed by atoms with Crippen molar-refractivity contribution in [2.45, 2.75) is 51.1 Å². The third kappa shape index (κ3) is 2.36. The summed E-state index contributed by atoms with van der Waals surface area (Å²) < 4.78 is 0. The first-order valence-electron chi connectivity index (χ1n) is 6.92. The molecule has 2 aliphatic rings. The minimum absolute atomic E-state index is 0.0171. The van der Waals surface area contributed by atoms with Gasteiger partial charge >= 0.3 is 0 Å². The summed E-state index contributed by atoms with van der Waals surface area (Å²) in [5, 5.41) is 6.16. The fourth-order valence-corrected chi connectivity index (χ4v) is 2.92. The van der Waals surface area contributed by atoms with Gasteiger partial charge in [0, 0.05) is 13.1 Å². The summed E-state index contributed by atoms with van der Waals surface area (Å²) in [4.78, 5) is 26.2. The molecule has 0 saturated carbocycles. The van der Waals surface area contributed by atoms with Crippen LogP contribution in [0.5, 0.6) is 0 Å². The highest BCUT2D eigenvalue weighted by molar-refractivity contribution is 5.92. The highest BCUT2D eigenvalue weighted by Crippen LogP contribution is 2.23. The minimum Gasteiger partial charge on any atom is -0.353 e. The Bertz CT molecular complexity index is 337. The van der Waals surface area contributed by atoms with E-state index in [-0.39, 0.29) is 17.9 Å². The van der Waals surface area contributed by atoms with Crippen LogP contribution in [-0.2, 0) is 9.59 Å². The van der Waals surface area contributed by atoms with Crippen molar-refractivity contribution in [2.75, 3.05) is 19.6 Å². The van der Waals surface area contributed by atoms with Crippen molar-refractivity contribution in [3.05, 3.63) is 0 Å². The molecule has 2 heterocycles. The second kappa shape index (κ2) is 5.26. The van der Waals surface area contributed by atoms with Crippen LogP contribution in [0.25, 0.3) is 0 Å². The third-order valence-electron chi connectivity index (χ3n) is 4.07. The van der Waals surface area contributed by atoms with E-state index in [1.165, 1.54) is 0 Å². The van der Waals surface area contributed by atoms with Gasteiger partial charge in [0.25, 0.3) is 0 Å². The average molecular weight is 253 g/mol. The predicted molar refractivity (Wildman–Crippen MR) is 69.1 cm³/mol. The lowest BCUT2D eigenvalue weighted by molar-refractivity contribution is -0.148. The van der Waals surface area contributed by atoms with E-state index >= 15 is 0 Å². The summed E-state index contributed by atoms with van der Waals surface area (Å²) >= 11 is 0. The smallest absolute Gasteiger partial charge is 0.243 e. The Hall–Kier alpha value is -1.10. The normalized spacial score (nSPS) is 33.1. The molecule has 2 aliphatic heterocycles. The van der Waals surface area contributed by atoms with E-state index in [2.05, 4.69) is 10.6 Å². The van der Waals surface area contributed by atoms with Crippen molar-refractivity contribution in [2.24, 2.45) is 0 Å². The lowest BCUT2D eigenvalue weighted by Crippen LogP contribution is -2.65. The Morgan fingerprint density at radius 2 is 2.22 bits per heavy atom. The molecule has 2 fully saturated rings. The van der Waals surface area contributed by atoms with Gasteiger partial charge in [-0.05, 0) is 39.2 Å². The van der Waals surface area contributed by atoms with Crippen LogP contribution in [0.4, 0.5) is 0 Å². The number of nitrogens with zero attached hydrogens (tertiary/aromatic N) is 1. The summed E-state index contributed by atoms with van der Waals surface area (Å²) in [7, 11) is 0. The van der Waals surface area contributed by atoms with Gasteiger partial charge in [-0.3, -0.25) is 9.59 Å². The van der Waals surface area contributed by atoms with Crippen molar-refractivity contribution >= 4 is 11.8 Å². The molecule has 0 bridgehead atoms. The first-order valence-corrected chi connectivity index (χ1v) is 6.92. The maximum atomic E-state index is 12.7. The van der Waals surface area contributed by atoms with Crippen molar-refractivity contribution in [3.63, 3.8) is 0 Å². The first-order chi connectivity index (χ1) is 8.58. The highest BCUT2D eigenvalue weighted by Gasteiger charge is 2.42. The van der Waals surface area contributed by atoms with Gasteiger partial charge in [-0.1, -0.05) is 6.92 Å². The molecule has 5 heteroatoms. The summed E-state index contributed by atoms with van der Waals surface area (Å²) in [5.41, 5.74) is -0.483. The maximum absolute atomic E-state index is 12.7. The lowest BCUT2D eigenvalue weighted by atomic mass is 9.88. The molecule has 5 nitrogen and oxygen atoms in total. The molecule has 18 heavy (non-hydrogen) atoms. The molecule has 102 valence electrons. The number of piperazine rings is 1. The molecule has 0 aromatic carbocycles. The molecule has 0 radical (unpaired) electrons. The van der Waals surface area contributed by atoms with Gasteiger partial charge in [0.1, 0.15) is 6.04 Å². The number of carbonyl (C=O) groups excluding carboxylic acids is 2. The fraction of sp³-hybridized carbons (Fsp3) is 0.846. The molecule has 2 saturated heterocycles. The Labute approximate surface area is 108 Å². The SMILES string of the molecule is CCC1C(=O)NCCN1C(=O)C1(C)CCCCN1. The van der Waals surface area contributed by atoms with Crippen molar-refractivity contribution in [3.8, 4) is 0 Å². The first kappa shape index (κ1) is 13.3. The van der Waals surface area contributed by atoms with Gasteiger partial charge in [0.05, 0.1) is 5.54 Å². The molecule has 0 aliphatic carbocycles. The van der Waals surface area contributed by atoms with E-state index in [4.69, 9.17) is 0 Å². The lowest BCUT2D eigenvalue weighted by Gasteiger charge is -2.42. The second-order valence-corrected chi connectivity index (χ2v) is 5.43. The molecule has 2 rings (SSSR count). The van der Waals surface area contributed by atoms with Crippen LogP contribution in [0.1, 0.15) is 39.5 Å². The fourth-order valence-electron chi connectivity index (χ4n) is 2.92. The third-order valence-corrected chi connectivity index (χ3v) is 4.07. The second-order valence-electron chi connectivity index (χ2n) is 5.43. The molecule has 2 N–H and O–H groups in total. The van der Waals surface area contributed by atoms with Crippen LogP contribution < -0.4 is 10.6 Å². The summed E-state index contributed by atoms with van der Waals surface area (Å²) in [6.07, 6.45) is 3.74. The molecule has 0 spiro atoms. The zero-order valence-electron chi connectivity index (χ0n) is 11.3. The molecule has 2 amide bonds. The van der Waals surface area contributed by atoms with Crippen LogP contribution in [0.15, 0.2) is 0 Å². The number of rotatable bonds is 2. The van der Waals surface area contributed by atoms with Crippen LogP contribution >= 0.6 is 0 Å². The van der Waals surface area contributed by atoms with E-state index in [1.54, 1.807) is 4.90 Å². The van der Waals surface area contributed by atoms with Gasteiger partial charge in [0.15, 0.2) is 0 Å². The molecule has 2 atom stereocenters. The van der Waals surface area contributed by atoms with Crippen LogP contribution in [0.2, 0.25) is 0 Å². The van der Waals surface area contributed by atoms with Crippen LogP contribution in [0, 0.1) is 0 Å². The largest absolute Gasteiger partial charge is 0.353 e. The van der Waals surface area contributed by atoms with Crippen molar-refractivity contribution < 1.29 is 9.59 Å². The van der Waals surface area contributed by atoms with E-state index in [0.717, 1.165) is 25.8 Å². The Morgan fingerprint density at radius 1 is 1.44 bits per heavy atom. The Morgan fingerprint density at radius 3 is 2.83 bits per heavy atom. The van der Waals surface area contributed by atoms with Crippen LogP contribution in [-0.4, -0.2) is 47.9 Å². The topological polar surface area (TPSA) is 61.4 Å². The van der Waals surface area contributed by atoms with E-state index in [1.807, 2.05) is 13.8 Å². The molecule has 2 unspecified atom stereocenters. The number of piperidine rings is 1. The molecule has 0 aromatic heterocycles. The summed E-state index contributed by atoms with van der Waals surface area (Å²) in [6, 6.07) is -0.299. The molecule has 0 aromatic rings. The van der Waals surface area contributed by atoms with Gasteiger partial charge in [-0.2, -0.15) is 0 Å². The summed E-state index contributed by atoms with van der Waals surface area (Å²) in [5.74, 6) is 0.0698. The van der Waals surface area contributed by atoms with Gasteiger partial charge in [-0.15, -0.1) is 0 Å². The number of amides is 2. The van der Waals surface area contributed by atoms with Gasteiger partial charge in [-0.25, -0.2) is 0 Å². The van der Waals surface area contributed by atoms with E-state index < -0.39 is 5.54 Å². The van der Waals surface area contributed by atoms with Crippen molar-refractivity contribution in [1.82, 2.24) is 15.5 Å². The van der Waals surface area contributed by atoms with Gasteiger partial charge < -0.3 is 15.5 Å². The summed E-state index contributed by atoms with van der Waals surface area (Å²) in [6.45, 7) is 6.00. The number of hydrogen-bond acceptors (Lipinski definition) is 3. The number of nitrogens with one attached hydrogen (secondary N) is 2. The predicted octanol–water partition coefficient (Wildman–Crippen LogP) is 0.256. The maximum Gasteiger partial charge on any atom is 0.243 e. The standard InChI is InChI=1S/C13H23N3O2/c1-3-10-11(17)14-8-9-16(10)12(18)13(2)6-4-5-7-15-13/h10,15H,3-9H2,1-2H3,(H,14,17).